The maximum atomic E-state index is 12.8. The van der Waals surface area contributed by atoms with E-state index in [1.807, 2.05) is 13.8 Å². The minimum atomic E-state index is -0.912. The lowest BCUT2D eigenvalue weighted by Crippen LogP contribution is -2.29. The molecule has 0 amide bonds. The van der Waals surface area contributed by atoms with Gasteiger partial charge in [-0.15, -0.1) is 0 Å². The topological polar surface area (TPSA) is 12.0 Å². The number of nitrogens with one attached hydrogen (secondary N) is 1. The molecule has 1 N–H and O–H groups in total. The summed E-state index contributed by atoms with van der Waals surface area (Å²) < 4.78 is 12.8. The summed E-state index contributed by atoms with van der Waals surface area (Å²) in [6, 6.07) is 0.532. The second-order valence-electron chi connectivity index (χ2n) is 3.36. The molecule has 1 rings (SSSR count). The van der Waals surface area contributed by atoms with E-state index in [1.54, 1.807) is 6.92 Å². The first-order valence-electron chi connectivity index (χ1n) is 3.47. The standard InChI is InChI=1S/C7H14FN/c1-5(2)9-6-4-7(6,3)8/h5-6,9H,4H2,1-3H3. The molecule has 0 aliphatic heterocycles. The van der Waals surface area contributed by atoms with E-state index in [4.69, 9.17) is 0 Å². The van der Waals surface area contributed by atoms with Crippen molar-refractivity contribution in [3.05, 3.63) is 0 Å². The van der Waals surface area contributed by atoms with Crippen molar-refractivity contribution in [2.45, 2.75) is 44.9 Å². The van der Waals surface area contributed by atoms with Crippen LogP contribution in [0.4, 0.5) is 4.39 Å². The smallest absolute Gasteiger partial charge is 0.125 e. The maximum Gasteiger partial charge on any atom is 0.125 e. The lowest BCUT2D eigenvalue weighted by atomic mass is 10.3. The lowest BCUT2D eigenvalue weighted by molar-refractivity contribution is 0.309. The third-order valence-corrected chi connectivity index (χ3v) is 1.70. The SMILES string of the molecule is CC(C)NC1CC1(C)F. The maximum absolute atomic E-state index is 12.8. The summed E-state index contributed by atoms with van der Waals surface area (Å²) in [5, 5.41) is 3.13. The molecule has 9 heavy (non-hydrogen) atoms. The van der Waals surface area contributed by atoms with E-state index >= 15 is 0 Å². The van der Waals surface area contributed by atoms with Crippen LogP contribution in [0, 0.1) is 0 Å². The summed E-state index contributed by atoms with van der Waals surface area (Å²) in [4.78, 5) is 0. The number of halogens is 1. The third-order valence-electron chi connectivity index (χ3n) is 1.70. The molecule has 1 fully saturated rings. The number of hydrogen-bond donors (Lipinski definition) is 1. The van der Waals surface area contributed by atoms with E-state index < -0.39 is 5.67 Å². The molecule has 1 saturated carbocycles. The quantitative estimate of drug-likeness (QED) is 0.598. The second-order valence-corrected chi connectivity index (χ2v) is 3.36. The van der Waals surface area contributed by atoms with E-state index in [0.29, 0.717) is 12.5 Å². The largest absolute Gasteiger partial charge is 0.309 e. The Morgan fingerprint density at radius 2 is 2.11 bits per heavy atom. The van der Waals surface area contributed by atoms with Gasteiger partial charge in [-0.25, -0.2) is 4.39 Å². The minimum absolute atomic E-state index is 0.123. The molecule has 0 spiro atoms. The molecule has 0 aromatic carbocycles. The molecule has 0 aromatic heterocycles. The molecule has 2 unspecified atom stereocenters. The first-order valence-corrected chi connectivity index (χ1v) is 3.47. The fourth-order valence-corrected chi connectivity index (χ4v) is 0.975. The average Bonchev–Trinajstić information content (AvgIpc) is 2.10. The van der Waals surface area contributed by atoms with Crippen LogP contribution in [-0.4, -0.2) is 17.8 Å². The zero-order valence-corrected chi connectivity index (χ0v) is 6.24. The van der Waals surface area contributed by atoms with Crippen molar-refractivity contribution in [1.82, 2.24) is 5.32 Å². The Morgan fingerprint density at radius 1 is 1.67 bits per heavy atom. The van der Waals surface area contributed by atoms with E-state index in [0.717, 1.165) is 0 Å². The minimum Gasteiger partial charge on any atom is -0.309 e. The Balaban J connectivity index is 2.20. The second kappa shape index (κ2) is 1.94. The molecule has 0 heterocycles. The van der Waals surface area contributed by atoms with Crippen LogP contribution in [0.25, 0.3) is 0 Å². The van der Waals surface area contributed by atoms with Crippen LogP contribution in [0.5, 0.6) is 0 Å². The Kier molecular flexibility index (Phi) is 1.51. The van der Waals surface area contributed by atoms with Crippen molar-refractivity contribution in [3.63, 3.8) is 0 Å². The molecule has 0 bridgehead atoms. The summed E-state index contributed by atoms with van der Waals surface area (Å²) in [7, 11) is 0. The number of alkyl halides is 1. The van der Waals surface area contributed by atoms with Gasteiger partial charge in [0.25, 0.3) is 0 Å². The van der Waals surface area contributed by atoms with Crippen LogP contribution >= 0.6 is 0 Å². The molecular weight excluding hydrogens is 117 g/mol. The average molecular weight is 131 g/mol. The highest BCUT2D eigenvalue weighted by molar-refractivity contribution is 5.06. The summed E-state index contributed by atoms with van der Waals surface area (Å²) >= 11 is 0. The summed E-state index contributed by atoms with van der Waals surface area (Å²) in [5.74, 6) is 0. The van der Waals surface area contributed by atoms with Gasteiger partial charge in [0.2, 0.25) is 0 Å². The van der Waals surface area contributed by atoms with E-state index in [-0.39, 0.29) is 6.04 Å². The Hall–Kier alpha value is -0.110. The molecule has 2 atom stereocenters. The van der Waals surface area contributed by atoms with Crippen molar-refractivity contribution in [3.8, 4) is 0 Å². The highest BCUT2D eigenvalue weighted by Crippen LogP contribution is 2.39. The van der Waals surface area contributed by atoms with Gasteiger partial charge in [-0.2, -0.15) is 0 Å². The monoisotopic (exact) mass is 131 g/mol. The molecule has 1 aliphatic carbocycles. The van der Waals surface area contributed by atoms with Gasteiger partial charge >= 0.3 is 0 Å². The van der Waals surface area contributed by atoms with Gasteiger partial charge in [0.05, 0.1) is 0 Å². The van der Waals surface area contributed by atoms with Crippen molar-refractivity contribution in [2.75, 3.05) is 0 Å². The predicted octanol–water partition coefficient (Wildman–Crippen LogP) is 1.48. The first-order chi connectivity index (χ1) is 4.02. The van der Waals surface area contributed by atoms with Crippen molar-refractivity contribution >= 4 is 0 Å². The molecule has 1 aliphatic rings. The zero-order chi connectivity index (χ0) is 7.07. The van der Waals surface area contributed by atoms with Crippen LogP contribution in [0.1, 0.15) is 27.2 Å². The third kappa shape index (κ3) is 1.65. The summed E-state index contributed by atoms with van der Waals surface area (Å²) in [5.41, 5.74) is -0.912. The van der Waals surface area contributed by atoms with Crippen LogP contribution in [0.3, 0.4) is 0 Å². The van der Waals surface area contributed by atoms with Crippen LogP contribution < -0.4 is 5.32 Å². The van der Waals surface area contributed by atoms with Crippen LogP contribution in [-0.2, 0) is 0 Å². The highest BCUT2D eigenvalue weighted by atomic mass is 19.1. The number of hydrogen-bond acceptors (Lipinski definition) is 1. The van der Waals surface area contributed by atoms with Gasteiger partial charge in [0, 0.05) is 18.5 Å². The van der Waals surface area contributed by atoms with Gasteiger partial charge in [-0.05, 0) is 6.92 Å². The molecule has 2 heteroatoms. The fourth-order valence-electron chi connectivity index (χ4n) is 0.975. The highest BCUT2D eigenvalue weighted by Gasteiger charge is 2.50. The Bertz CT molecular complexity index is 109. The summed E-state index contributed by atoms with van der Waals surface area (Å²) in [6.07, 6.45) is 0.686. The van der Waals surface area contributed by atoms with Crippen molar-refractivity contribution in [1.29, 1.82) is 0 Å². The first kappa shape index (κ1) is 7.00. The van der Waals surface area contributed by atoms with Crippen molar-refractivity contribution in [2.24, 2.45) is 0 Å². The van der Waals surface area contributed by atoms with Gasteiger partial charge in [0.15, 0.2) is 0 Å². The Labute approximate surface area is 55.6 Å². The van der Waals surface area contributed by atoms with Crippen molar-refractivity contribution < 1.29 is 4.39 Å². The van der Waals surface area contributed by atoms with E-state index in [1.165, 1.54) is 0 Å². The lowest BCUT2D eigenvalue weighted by Gasteiger charge is -2.06. The normalized spacial score (nSPS) is 41.7. The van der Waals surface area contributed by atoms with Gasteiger partial charge in [-0.1, -0.05) is 13.8 Å². The molecular formula is C7H14FN. The fraction of sp³-hybridized carbons (Fsp3) is 1.00. The van der Waals surface area contributed by atoms with Crippen LogP contribution in [0.15, 0.2) is 0 Å². The zero-order valence-electron chi connectivity index (χ0n) is 6.24. The van der Waals surface area contributed by atoms with Gasteiger partial charge in [0.1, 0.15) is 5.67 Å². The van der Waals surface area contributed by atoms with E-state index in [2.05, 4.69) is 5.32 Å². The Morgan fingerprint density at radius 3 is 2.22 bits per heavy atom. The molecule has 0 saturated heterocycles. The van der Waals surface area contributed by atoms with Gasteiger partial charge in [-0.3, -0.25) is 0 Å². The molecule has 54 valence electrons. The molecule has 1 nitrogen and oxygen atoms in total. The van der Waals surface area contributed by atoms with Crippen LogP contribution in [0.2, 0.25) is 0 Å². The van der Waals surface area contributed by atoms with E-state index in [9.17, 15) is 4.39 Å². The predicted molar refractivity (Wildman–Crippen MR) is 36.2 cm³/mol. The van der Waals surface area contributed by atoms with Gasteiger partial charge < -0.3 is 5.32 Å². The number of rotatable bonds is 2. The molecule has 0 aromatic rings. The summed E-state index contributed by atoms with van der Waals surface area (Å²) in [6.45, 7) is 5.72. The molecule has 0 radical (unpaired) electrons.